The molecule has 1 N–H and O–H groups in total. The molecular formula is C25H31N3O. The number of hydrogen-bond acceptors (Lipinski definition) is 3. The van der Waals surface area contributed by atoms with E-state index in [1.807, 2.05) is 31.3 Å². The van der Waals surface area contributed by atoms with Gasteiger partial charge in [0.2, 0.25) is 5.91 Å². The molecule has 4 heteroatoms. The third-order valence-corrected chi connectivity index (χ3v) is 7.65. The second-order valence-corrected chi connectivity index (χ2v) is 9.99. The summed E-state index contributed by atoms with van der Waals surface area (Å²) in [5.74, 6) is 2.59. The first kappa shape index (κ1) is 18.7. The molecule has 2 unspecified atom stereocenters. The molecule has 1 aromatic heterocycles. The van der Waals surface area contributed by atoms with Crippen LogP contribution in [0.3, 0.4) is 0 Å². The zero-order valence-corrected chi connectivity index (χ0v) is 17.5. The van der Waals surface area contributed by atoms with Gasteiger partial charge in [0.25, 0.3) is 0 Å². The van der Waals surface area contributed by atoms with Gasteiger partial charge >= 0.3 is 0 Å². The number of aromatic nitrogens is 1. The van der Waals surface area contributed by atoms with E-state index >= 15 is 0 Å². The van der Waals surface area contributed by atoms with Crippen LogP contribution in [0.25, 0.3) is 0 Å². The number of nitrogens with one attached hydrogen (secondary N) is 1. The normalized spacial score (nSPS) is 32.2. The Labute approximate surface area is 173 Å². The lowest BCUT2D eigenvalue weighted by Crippen LogP contribution is -2.59. The van der Waals surface area contributed by atoms with Crippen LogP contribution in [0.1, 0.15) is 49.7 Å². The van der Waals surface area contributed by atoms with Crippen LogP contribution >= 0.6 is 0 Å². The maximum Gasteiger partial charge on any atom is 0.226 e. The Morgan fingerprint density at radius 1 is 1.10 bits per heavy atom. The van der Waals surface area contributed by atoms with Crippen LogP contribution in [0.5, 0.6) is 0 Å². The fourth-order valence-corrected chi connectivity index (χ4v) is 6.84. The minimum atomic E-state index is -0.183. The summed E-state index contributed by atoms with van der Waals surface area (Å²) in [5.41, 5.74) is 2.59. The SMILES string of the molecule is CN(C)c1cc(CNC(=O)C23CC4CC(C2)CC(c2ccccc2)(C4)C3)ccn1. The number of rotatable bonds is 5. The Hall–Kier alpha value is -2.36. The van der Waals surface area contributed by atoms with E-state index in [0.717, 1.165) is 30.6 Å². The average Bonchev–Trinajstić information content (AvgIpc) is 2.72. The van der Waals surface area contributed by atoms with E-state index in [2.05, 4.69) is 46.7 Å². The highest BCUT2D eigenvalue weighted by atomic mass is 16.2. The zero-order valence-electron chi connectivity index (χ0n) is 17.5. The standard InChI is InChI=1S/C25H31N3O/c1-28(2)22-11-18(8-9-26-22)16-27-23(29)25-14-19-10-20(15-25)13-24(12-19,17-25)21-6-4-3-5-7-21/h3-9,11,19-20H,10,12-17H2,1-2H3,(H,27,29). The predicted octanol–water partition coefficient (Wildman–Crippen LogP) is 4.30. The molecule has 1 aromatic carbocycles. The maximum atomic E-state index is 13.5. The number of amides is 1. The van der Waals surface area contributed by atoms with E-state index < -0.39 is 0 Å². The molecule has 0 radical (unpaired) electrons. The Morgan fingerprint density at radius 2 is 1.83 bits per heavy atom. The summed E-state index contributed by atoms with van der Waals surface area (Å²) < 4.78 is 0. The topological polar surface area (TPSA) is 45.2 Å². The highest BCUT2D eigenvalue weighted by Crippen LogP contribution is 2.65. The van der Waals surface area contributed by atoms with Crippen molar-refractivity contribution in [2.24, 2.45) is 17.3 Å². The number of anilines is 1. The molecule has 4 nitrogen and oxygen atoms in total. The van der Waals surface area contributed by atoms with Crippen molar-refractivity contribution in [3.8, 4) is 0 Å². The van der Waals surface area contributed by atoms with Crippen LogP contribution in [-0.2, 0) is 16.8 Å². The lowest BCUT2D eigenvalue weighted by Gasteiger charge is -2.61. The summed E-state index contributed by atoms with van der Waals surface area (Å²) in [7, 11) is 3.98. The van der Waals surface area contributed by atoms with E-state index in [1.165, 1.54) is 24.8 Å². The van der Waals surface area contributed by atoms with Gasteiger partial charge in [-0.05, 0) is 79.0 Å². The molecule has 6 rings (SSSR count). The minimum absolute atomic E-state index is 0.183. The van der Waals surface area contributed by atoms with Gasteiger partial charge in [0.05, 0.1) is 5.41 Å². The second-order valence-electron chi connectivity index (χ2n) is 9.99. The molecule has 4 aliphatic carbocycles. The Balaban J connectivity index is 1.36. The highest BCUT2D eigenvalue weighted by molar-refractivity contribution is 5.83. The van der Waals surface area contributed by atoms with Gasteiger partial charge in [-0.15, -0.1) is 0 Å². The van der Waals surface area contributed by atoms with E-state index in [0.29, 0.717) is 18.4 Å². The van der Waals surface area contributed by atoms with Crippen LogP contribution in [0.15, 0.2) is 48.7 Å². The minimum Gasteiger partial charge on any atom is -0.363 e. The van der Waals surface area contributed by atoms with E-state index in [-0.39, 0.29) is 16.7 Å². The van der Waals surface area contributed by atoms with Crippen LogP contribution in [0.4, 0.5) is 5.82 Å². The largest absolute Gasteiger partial charge is 0.363 e. The van der Waals surface area contributed by atoms with Crippen molar-refractivity contribution in [3.05, 3.63) is 59.8 Å². The summed E-state index contributed by atoms with van der Waals surface area (Å²) in [4.78, 5) is 19.9. The highest BCUT2D eigenvalue weighted by Gasteiger charge is 2.60. The van der Waals surface area contributed by atoms with E-state index in [1.54, 1.807) is 0 Å². The molecule has 152 valence electrons. The quantitative estimate of drug-likeness (QED) is 0.829. The van der Waals surface area contributed by atoms with Crippen molar-refractivity contribution >= 4 is 11.7 Å². The molecule has 2 atom stereocenters. The first-order valence-electron chi connectivity index (χ1n) is 10.9. The van der Waals surface area contributed by atoms with Crippen LogP contribution in [-0.4, -0.2) is 25.0 Å². The fraction of sp³-hybridized carbons (Fsp3) is 0.520. The van der Waals surface area contributed by atoms with Gasteiger partial charge in [0.15, 0.2) is 0 Å². The number of carbonyl (C=O) groups is 1. The predicted molar refractivity (Wildman–Crippen MR) is 116 cm³/mol. The molecule has 2 aromatic rings. The van der Waals surface area contributed by atoms with E-state index in [9.17, 15) is 4.79 Å². The molecule has 4 bridgehead atoms. The number of pyridine rings is 1. The van der Waals surface area contributed by atoms with Gasteiger partial charge in [-0.3, -0.25) is 4.79 Å². The Bertz CT molecular complexity index is 893. The molecule has 4 saturated carbocycles. The fourth-order valence-electron chi connectivity index (χ4n) is 6.84. The van der Waals surface area contributed by atoms with Crippen molar-refractivity contribution < 1.29 is 4.79 Å². The number of hydrogen-bond donors (Lipinski definition) is 1. The summed E-state index contributed by atoms with van der Waals surface area (Å²) in [6, 6.07) is 15.1. The second kappa shape index (κ2) is 6.86. The third kappa shape index (κ3) is 3.23. The molecule has 0 spiro atoms. The lowest BCUT2D eigenvalue weighted by atomic mass is 9.42. The van der Waals surface area contributed by atoms with Crippen molar-refractivity contribution in [1.82, 2.24) is 10.3 Å². The van der Waals surface area contributed by atoms with Crippen molar-refractivity contribution in [2.45, 2.75) is 50.5 Å². The molecule has 4 aliphatic rings. The van der Waals surface area contributed by atoms with Crippen molar-refractivity contribution in [2.75, 3.05) is 19.0 Å². The number of nitrogens with zero attached hydrogens (tertiary/aromatic N) is 2. The molecule has 4 fully saturated rings. The smallest absolute Gasteiger partial charge is 0.226 e. The Kier molecular flexibility index (Phi) is 4.41. The zero-order chi connectivity index (χ0) is 20.1. The van der Waals surface area contributed by atoms with Gasteiger partial charge in [-0.2, -0.15) is 0 Å². The molecular weight excluding hydrogens is 358 g/mol. The lowest BCUT2D eigenvalue weighted by molar-refractivity contribution is -0.149. The summed E-state index contributed by atoms with van der Waals surface area (Å²) in [5, 5.41) is 3.31. The average molecular weight is 390 g/mol. The maximum absolute atomic E-state index is 13.5. The molecule has 1 amide bonds. The van der Waals surface area contributed by atoms with Gasteiger partial charge in [0.1, 0.15) is 5.82 Å². The van der Waals surface area contributed by atoms with Crippen molar-refractivity contribution in [3.63, 3.8) is 0 Å². The van der Waals surface area contributed by atoms with Crippen LogP contribution < -0.4 is 10.2 Å². The molecule has 0 aliphatic heterocycles. The monoisotopic (exact) mass is 389 g/mol. The Morgan fingerprint density at radius 3 is 2.52 bits per heavy atom. The van der Waals surface area contributed by atoms with Gasteiger partial charge < -0.3 is 10.2 Å². The molecule has 0 saturated heterocycles. The number of carbonyl (C=O) groups excluding carboxylic acids is 1. The van der Waals surface area contributed by atoms with Crippen molar-refractivity contribution in [1.29, 1.82) is 0 Å². The third-order valence-electron chi connectivity index (χ3n) is 7.65. The summed E-state index contributed by atoms with van der Waals surface area (Å²) in [6.07, 6.45) is 8.83. The van der Waals surface area contributed by atoms with Crippen LogP contribution in [0, 0.1) is 17.3 Å². The first-order chi connectivity index (χ1) is 14.0. The number of benzene rings is 1. The van der Waals surface area contributed by atoms with Gasteiger partial charge in [-0.1, -0.05) is 30.3 Å². The summed E-state index contributed by atoms with van der Waals surface area (Å²) in [6.45, 7) is 0.581. The van der Waals surface area contributed by atoms with Gasteiger partial charge in [0, 0.05) is 26.8 Å². The molecule has 1 heterocycles. The van der Waals surface area contributed by atoms with E-state index in [4.69, 9.17) is 0 Å². The molecule has 29 heavy (non-hydrogen) atoms. The van der Waals surface area contributed by atoms with Gasteiger partial charge in [-0.25, -0.2) is 4.98 Å². The summed E-state index contributed by atoms with van der Waals surface area (Å²) >= 11 is 0. The van der Waals surface area contributed by atoms with Crippen LogP contribution in [0.2, 0.25) is 0 Å². The first-order valence-corrected chi connectivity index (χ1v) is 10.9.